The highest BCUT2D eigenvalue weighted by Gasteiger charge is 2.31. The Bertz CT molecular complexity index is 931. The van der Waals surface area contributed by atoms with Gasteiger partial charge in [0.25, 0.3) is 5.91 Å². The smallest absolute Gasteiger partial charge is 0.272 e. The highest BCUT2D eigenvalue weighted by atomic mass is 19.1. The van der Waals surface area contributed by atoms with Gasteiger partial charge in [0.05, 0.1) is 12.3 Å². The average Bonchev–Trinajstić information content (AvgIpc) is 3.11. The number of halogens is 1. The van der Waals surface area contributed by atoms with E-state index in [0.717, 1.165) is 0 Å². The Kier molecular flexibility index (Phi) is 6.78. The monoisotopic (exact) mass is 417 g/mol. The SMILES string of the molecule is Cc1ncc(C(=O)N2C[C@H](O)C[C@H](NC(=O)CCC(=O)Nc3cccc(F)c3)C2)[nH]1. The molecule has 0 spiro atoms. The zero-order valence-electron chi connectivity index (χ0n) is 16.5. The van der Waals surface area contributed by atoms with Gasteiger partial charge in [0.15, 0.2) is 0 Å². The molecule has 3 amide bonds. The lowest BCUT2D eigenvalue weighted by Crippen LogP contribution is -2.54. The van der Waals surface area contributed by atoms with Crippen LogP contribution in [-0.4, -0.2) is 62.9 Å². The van der Waals surface area contributed by atoms with E-state index in [1.165, 1.54) is 29.3 Å². The molecule has 0 aliphatic carbocycles. The van der Waals surface area contributed by atoms with Crippen molar-refractivity contribution < 1.29 is 23.9 Å². The number of anilines is 1. The van der Waals surface area contributed by atoms with Crippen LogP contribution in [0, 0.1) is 12.7 Å². The van der Waals surface area contributed by atoms with Gasteiger partial charge in [0.1, 0.15) is 17.3 Å². The van der Waals surface area contributed by atoms with E-state index in [1.807, 2.05) is 0 Å². The van der Waals surface area contributed by atoms with Crippen LogP contribution in [0.1, 0.15) is 35.6 Å². The summed E-state index contributed by atoms with van der Waals surface area (Å²) in [5.41, 5.74) is 0.639. The zero-order valence-corrected chi connectivity index (χ0v) is 16.5. The van der Waals surface area contributed by atoms with Crippen molar-refractivity contribution in [1.29, 1.82) is 0 Å². The second-order valence-electron chi connectivity index (χ2n) is 7.30. The Hall–Kier alpha value is -3.27. The van der Waals surface area contributed by atoms with Crippen LogP contribution in [0.15, 0.2) is 30.5 Å². The van der Waals surface area contributed by atoms with Crippen molar-refractivity contribution in [2.24, 2.45) is 0 Å². The predicted octanol–water partition coefficient (Wildman–Crippen LogP) is 0.968. The van der Waals surface area contributed by atoms with E-state index in [4.69, 9.17) is 0 Å². The van der Waals surface area contributed by atoms with Crippen molar-refractivity contribution in [3.05, 3.63) is 47.8 Å². The molecule has 1 aliphatic heterocycles. The Morgan fingerprint density at radius 1 is 1.27 bits per heavy atom. The second kappa shape index (κ2) is 9.49. The first kappa shape index (κ1) is 21.4. The van der Waals surface area contributed by atoms with E-state index in [0.29, 0.717) is 23.6 Å². The van der Waals surface area contributed by atoms with Crippen LogP contribution in [-0.2, 0) is 9.59 Å². The van der Waals surface area contributed by atoms with Crippen LogP contribution < -0.4 is 10.6 Å². The molecule has 0 saturated carbocycles. The number of hydrogen-bond donors (Lipinski definition) is 4. The fourth-order valence-corrected chi connectivity index (χ4v) is 3.36. The zero-order chi connectivity index (χ0) is 21.7. The summed E-state index contributed by atoms with van der Waals surface area (Å²) in [4.78, 5) is 45.1. The Labute approximate surface area is 172 Å². The molecule has 3 rings (SSSR count). The van der Waals surface area contributed by atoms with Gasteiger partial charge in [-0.15, -0.1) is 0 Å². The number of nitrogens with zero attached hydrogens (tertiary/aromatic N) is 2. The van der Waals surface area contributed by atoms with Gasteiger partial charge >= 0.3 is 0 Å². The number of H-pyrrole nitrogens is 1. The Balaban J connectivity index is 1.48. The molecule has 1 fully saturated rings. The average molecular weight is 417 g/mol. The summed E-state index contributed by atoms with van der Waals surface area (Å²) in [6.45, 7) is 2.14. The van der Waals surface area contributed by atoms with Crippen molar-refractivity contribution in [1.82, 2.24) is 20.2 Å². The van der Waals surface area contributed by atoms with E-state index >= 15 is 0 Å². The van der Waals surface area contributed by atoms with Crippen molar-refractivity contribution in [2.75, 3.05) is 18.4 Å². The summed E-state index contributed by atoms with van der Waals surface area (Å²) in [6, 6.07) is 5.05. The van der Waals surface area contributed by atoms with Crippen LogP contribution in [0.2, 0.25) is 0 Å². The minimum atomic E-state index is -0.770. The topological polar surface area (TPSA) is 127 Å². The Morgan fingerprint density at radius 2 is 2.03 bits per heavy atom. The number of imidazole rings is 1. The molecular weight excluding hydrogens is 393 g/mol. The normalized spacial score (nSPS) is 18.7. The molecule has 0 radical (unpaired) electrons. The molecule has 1 saturated heterocycles. The third kappa shape index (κ3) is 5.86. The molecule has 2 heterocycles. The van der Waals surface area contributed by atoms with Crippen molar-refractivity contribution >= 4 is 23.4 Å². The van der Waals surface area contributed by atoms with Crippen LogP contribution in [0.5, 0.6) is 0 Å². The molecule has 1 aromatic heterocycles. The minimum absolute atomic E-state index is 0.0680. The molecule has 160 valence electrons. The summed E-state index contributed by atoms with van der Waals surface area (Å²) in [7, 11) is 0. The van der Waals surface area contributed by atoms with Crippen molar-refractivity contribution in [3.63, 3.8) is 0 Å². The van der Waals surface area contributed by atoms with Crippen LogP contribution in [0.4, 0.5) is 10.1 Å². The summed E-state index contributed by atoms with van der Waals surface area (Å²) < 4.78 is 13.2. The van der Waals surface area contributed by atoms with Gasteiger partial charge < -0.3 is 25.6 Å². The number of carbonyl (C=O) groups is 3. The maximum absolute atomic E-state index is 13.2. The highest BCUT2D eigenvalue weighted by Crippen LogP contribution is 2.15. The number of nitrogens with one attached hydrogen (secondary N) is 3. The number of amides is 3. The lowest BCUT2D eigenvalue weighted by atomic mass is 10.0. The van der Waals surface area contributed by atoms with E-state index in [9.17, 15) is 23.9 Å². The third-order valence-corrected chi connectivity index (χ3v) is 4.70. The largest absolute Gasteiger partial charge is 0.391 e. The molecule has 2 atom stereocenters. The van der Waals surface area contributed by atoms with Crippen molar-refractivity contribution in [2.45, 2.75) is 38.3 Å². The number of carbonyl (C=O) groups excluding carboxylic acids is 3. The number of piperidine rings is 1. The molecule has 0 bridgehead atoms. The number of β-amino-alcohol motifs (C(OH)–C–C–N with tert-alkyl or cyclic N) is 1. The van der Waals surface area contributed by atoms with Crippen LogP contribution >= 0.6 is 0 Å². The van der Waals surface area contributed by atoms with E-state index in [-0.39, 0.29) is 37.7 Å². The molecule has 1 aliphatic rings. The molecule has 10 heteroatoms. The molecule has 9 nitrogen and oxygen atoms in total. The quantitative estimate of drug-likeness (QED) is 0.557. The molecule has 1 aromatic carbocycles. The lowest BCUT2D eigenvalue weighted by molar-refractivity contribution is -0.125. The highest BCUT2D eigenvalue weighted by molar-refractivity contribution is 5.93. The maximum atomic E-state index is 13.2. The fourth-order valence-electron chi connectivity index (χ4n) is 3.36. The third-order valence-electron chi connectivity index (χ3n) is 4.70. The predicted molar refractivity (Wildman–Crippen MR) is 106 cm³/mol. The summed E-state index contributed by atoms with van der Waals surface area (Å²) in [6.07, 6.45) is 0.833. The lowest BCUT2D eigenvalue weighted by Gasteiger charge is -2.35. The molecule has 2 aromatic rings. The Morgan fingerprint density at radius 3 is 2.73 bits per heavy atom. The first-order valence-corrected chi connectivity index (χ1v) is 9.64. The number of aliphatic hydroxyl groups is 1. The number of likely N-dealkylation sites (tertiary alicyclic amines) is 1. The number of aryl methyl sites for hydroxylation is 1. The number of hydrogen-bond acceptors (Lipinski definition) is 5. The van der Waals surface area contributed by atoms with Crippen LogP contribution in [0.25, 0.3) is 0 Å². The minimum Gasteiger partial charge on any atom is -0.391 e. The molecular formula is C20H24FN5O4. The van der Waals surface area contributed by atoms with Gasteiger partial charge in [-0.2, -0.15) is 0 Å². The summed E-state index contributed by atoms with van der Waals surface area (Å²) in [5.74, 6) is -0.940. The number of aromatic amines is 1. The van der Waals surface area contributed by atoms with E-state index < -0.39 is 23.9 Å². The molecule has 4 N–H and O–H groups in total. The molecule has 0 unspecified atom stereocenters. The first-order valence-electron chi connectivity index (χ1n) is 9.64. The first-order chi connectivity index (χ1) is 14.3. The summed E-state index contributed by atoms with van der Waals surface area (Å²) in [5, 5.41) is 15.4. The van der Waals surface area contributed by atoms with Crippen LogP contribution in [0.3, 0.4) is 0 Å². The maximum Gasteiger partial charge on any atom is 0.272 e. The summed E-state index contributed by atoms with van der Waals surface area (Å²) >= 11 is 0. The van der Waals surface area contributed by atoms with E-state index in [2.05, 4.69) is 20.6 Å². The molecule has 30 heavy (non-hydrogen) atoms. The number of rotatable bonds is 6. The van der Waals surface area contributed by atoms with Gasteiger partial charge in [0, 0.05) is 37.7 Å². The van der Waals surface area contributed by atoms with Crippen molar-refractivity contribution in [3.8, 4) is 0 Å². The number of aromatic nitrogens is 2. The van der Waals surface area contributed by atoms with E-state index in [1.54, 1.807) is 13.0 Å². The van der Waals surface area contributed by atoms with Gasteiger partial charge in [-0.05, 0) is 31.5 Å². The van der Waals surface area contributed by atoms with Gasteiger partial charge in [-0.25, -0.2) is 9.37 Å². The standard InChI is InChI=1S/C20H24FN5O4/c1-12-22-9-17(23-12)20(30)26-10-15(8-16(27)11-26)25-19(29)6-5-18(28)24-14-4-2-3-13(21)7-14/h2-4,7,9,15-16,27H,5-6,8,10-11H2,1H3,(H,22,23)(H,24,28)(H,25,29)/t15-,16+/m0/s1. The fraction of sp³-hybridized carbons (Fsp3) is 0.400. The van der Waals surface area contributed by atoms with Gasteiger partial charge in [-0.3, -0.25) is 14.4 Å². The number of aliphatic hydroxyl groups excluding tert-OH is 1. The van der Waals surface area contributed by atoms with Gasteiger partial charge in [0.2, 0.25) is 11.8 Å². The number of benzene rings is 1. The second-order valence-corrected chi connectivity index (χ2v) is 7.30. The van der Waals surface area contributed by atoms with Gasteiger partial charge in [-0.1, -0.05) is 6.07 Å².